The van der Waals surface area contributed by atoms with Crippen LogP contribution in [-0.2, 0) is 0 Å². The summed E-state index contributed by atoms with van der Waals surface area (Å²) in [6, 6.07) is 0. The highest BCUT2D eigenvalue weighted by atomic mass is 16.2. The van der Waals surface area contributed by atoms with Crippen molar-refractivity contribution < 1.29 is 5.11 Å². The maximum atomic E-state index is 7.57. The fraction of sp³-hybridized carbons (Fsp3) is 0.667. The molecule has 0 aliphatic rings. The number of hydrogen-bond donors (Lipinski definition) is 8. The van der Waals surface area contributed by atoms with Crippen LogP contribution in [0.4, 0.5) is 0 Å². The van der Waals surface area contributed by atoms with Crippen molar-refractivity contribution in [2.45, 2.75) is 6.92 Å². The summed E-state index contributed by atoms with van der Waals surface area (Å²) in [5.74, 6) is 0.259. The van der Waals surface area contributed by atoms with Crippen LogP contribution in [0.1, 0.15) is 6.92 Å². The normalized spacial score (nSPS) is 5.15. The molecule has 0 unspecified atom stereocenters. The summed E-state index contributed by atoms with van der Waals surface area (Å²) in [6.07, 6.45) is 1.25. The minimum Gasteiger partial charge on any atom is -0.397 e. The number of aliphatic hydroxyl groups is 1. The summed E-state index contributed by atoms with van der Waals surface area (Å²) in [5.41, 5.74) is 32.4. The van der Waals surface area contributed by atoms with E-state index in [9.17, 15) is 0 Å². The van der Waals surface area contributed by atoms with Crippen molar-refractivity contribution in [1.82, 2.24) is 0 Å². The predicted molar refractivity (Wildman–Crippen MR) is 86.3 cm³/mol. The van der Waals surface area contributed by atoms with Gasteiger partial charge in [0.25, 0.3) is 0 Å². The molecule has 0 aliphatic carbocycles. The van der Waals surface area contributed by atoms with E-state index in [4.69, 9.17) is 33.3 Å². The molecule has 0 bridgehead atoms. The monoisotopic (exact) mass is 296 g/mol. The third-order valence-electron chi connectivity index (χ3n) is 0.516. The summed E-state index contributed by atoms with van der Waals surface area (Å²) >= 11 is 0. The van der Waals surface area contributed by atoms with Crippen molar-refractivity contribution >= 4 is 11.9 Å². The molecule has 20 heavy (non-hydrogen) atoms. The Morgan fingerprint density at radius 2 is 1.00 bits per heavy atom. The second-order valence-electron chi connectivity index (χ2n) is 1.74. The average molecular weight is 296 g/mol. The van der Waals surface area contributed by atoms with Gasteiger partial charge in [-0.15, -0.1) is 0 Å². The van der Waals surface area contributed by atoms with Gasteiger partial charge in [-0.3, -0.25) is 9.98 Å². The standard InChI is InChI=1S/2C2H7N3.C2H6O.CH2N2.2CH5N/c2*1-5-2(3)4;1-2-3;2-1-3;2*1-2/h2*1H3,(H4,3,4,5);3H,2H2,1H3;2H2;2*2H2,1H3. The van der Waals surface area contributed by atoms with Crippen molar-refractivity contribution in [2.75, 3.05) is 34.8 Å². The van der Waals surface area contributed by atoms with E-state index in [2.05, 4.69) is 27.2 Å². The minimum atomic E-state index is 0.130. The molecule has 0 saturated heterocycles. The summed E-state index contributed by atoms with van der Waals surface area (Å²) in [7, 11) is 6.07. The van der Waals surface area contributed by atoms with Crippen LogP contribution in [0.3, 0.4) is 0 Å². The first-order chi connectivity index (χ1) is 9.37. The van der Waals surface area contributed by atoms with Gasteiger partial charge in [-0.1, -0.05) is 0 Å². The molecular weight excluding hydrogens is 264 g/mol. The van der Waals surface area contributed by atoms with E-state index in [0.717, 1.165) is 0 Å². The second kappa shape index (κ2) is 69.4. The Morgan fingerprint density at radius 1 is 0.950 bits per heavy atom. The molecule has 0 heterocycles. The third kappa shape index (κ3) is 1160. The fourth-order valence-corrected chi connectivity index (χ4v) is 0. The van der Waals surface area contributed by atoms with Crippen molar-refractivity contribution in [3.63, 3.8) is 0 Å². The molecule has 0 aliphatic heterocycles. The molecule has 0 atom stereocenters. The molecule has 0 radical (unpaired) electrons. The SMILES string of the molecule is CCO.CN.CN.CN=C(N)N.CN=C(N)N.N#CN. The molecule has 0 amide bonds. The number of aliphatic hydroxyl groups excluding tert-OH is 1. The fourth-order valence-electron chi connectivity index (χ4n) is 0. The number of guanidine groups is 2. The van der Waals surface area contributed by atoms with E-state index in [1.54, 1.807) is 6.92 Å². The zero-order valence-corrected chi connectivity index (χ0v) is 13.0. The molecule has 124 valence electrons. The predicted octanol–water partition coefficient (Wildman–Crippen LogP) is -3.65. The van der Waals surface area contributed by atoms with Crippen LogP contribution in [0.2, 0.25) is 0 Å². The number of nitrogens with two attached hydrogens (primary N) is 7. The van der Waals surface area contributed by atoms with Crippen LogP contribution >= 0.6 is 0 Å². The molecule has 0 rings (SSSR count). The Hall–Kier alpha value is -2.29. The lowest BCUT2D eigenvalue weighted by Gasteiger charge is -1.77. The van der Waals surface area contributed by atoms with E-state index in [-0.39, 0.29) is 18.5 Å². The summed E-state index contributed by atoms with van der Waals surface area (Å²) < 4.78 is 0. The molecule has 15 N–H and O–H groups in total. The lowest BCUT2D eigenvalue weighted by Crippen LogP contribution is -2.21. The van der Waals surface area contributed by atoms with Crippen molar-refractivity contribution in [3.05, 3.63) is 0 Å². The van der Waals surface area contributed by atoms with Crippen LogP contribution < -0.4 is 40.1 Å². The average Bonchev–Trinajstić information content (AvgIpc) is 2.45. The van der Waals surface area contributed by atoms with Gasteiger partial charge in [-0.05, 0) is 21.0 Å². The topological polar surface area (TPSA) is 251 Å². The van der Waals surface area contributed by atoms with Gasteiger partial charge in [-0.2, -0.15) is 5.26 Å². The van der Waals surface area contributed by atoms with Gasteiger partial charge in [0.05, 0.1) is 0 Å². The van der Waals surface area contributed by atoms with E-state index in [1.807, 2.05) is 0 Å². The Bertz CT molecular complexity index is 187. The van der Waals surface area contributed by atoms with Crippen LogP contribution in [-0.4, -0.2) is 51.8 Å². The van der Waals surface area contributed by atoms with E-state index < -0.39 is 0 Å². The Morgan fingerprint density at radius 3 is 1.00 bits per heavy atom. The quantitative estimate of drug-likeness (QED) is 0.0947. The number of nitrogens with zero attached hydrogens (tertiary/aromatic N) is 3. The highest BCUT2D eigenvalue weighted by Gasteiger charge is 1.61. The Kier molecular flexibility index (Phi) is 125. The molecule has 0 saturated carbocycles. The van der Waals surface area contributed by atoms with Crippen LogP contribution in [0, 0.1) is 11.5 Å². The van der Waals surface area contributed by atoms with Gasteiger partial charge in [0.1, 0.15) is 0 Å². The number of rotatable bonds is 0. The van der Waals surface area contributed by atoms with E-state index in [1.165, 1.54) is 34.4 Å². The molecule has 0 aromatic rings. The summed E-state index contributed by atoms with van der Waals surface area (Å²) in [6.45, 7) is 1.93. The van der Waals surface area contributed by atoms with Crippen molar-refractivity contribution in [2.24, 2.45) is 50.1 Å². The van der Waals surface area contributed by atoms with E-state index in [0.29, 0.717) is 0 Å². The summed E-state index contributed by atoms with van der Waals surface area (Å²) in [5, 5.41) is 14.7. The first-order valence-electron chi connectivity index (χ1n) is 5.19. The van der Waals surface area contributed by atoms with Gasteiger partial charge in [0.15, 0.2) is 18.1 Å². The van der Waals surface area contributed by atoms with Gasteiger partial charge in [-0.25, -0.2) is 0 Å². The van der Waals surface area contributed by atoms with E-state index >= 15 is 0 Å². The molecule has 0 aromatic carbocycles. The Labute approximate surface area is 121 Å². The smallest absolute Gasteiger partial charge is 0.185 e. The van der Waals surface area contributed by atoms with Gasteiger partial charge in [0, 0.05) is 20.7 Å². The zero-order valence-electron chi connectivity index (χ0n) is 13.0. The Balaban J connectivity index is -0.0000000308. The molecule has 11 heteroatoms. The van der Waals surface area contributed by atoms with Gasteiger partial charge >= 0.3 is 0 Å². The third-order valence-corrected chi connectivity index (χ3v) is 0.516. The number of nitriles is 1. The maximum absolute atomic E-state index is 7.57. The second-order valence-corrected chi connectivity index (χ2v) is 1.74. The number of hydrogen-bond acceptors (Lipinski definition) is 7. The zero-order chi connectivity index (χ0) is 18.0. The lowest BCUT2D eigenvalue weighted by atomic mass is 10.9. The highest BCUT2D eigenvalue weighted by Crippen LogP contribution is 1.40. The van der Waals surface area contributed by atoms with Gasteiger partial charge in [0.2, 0.25) is 0 Å². The maximum Gasteiger partial charge on any atom is 0.185 e. The molecular formula is C9H32N10O. The van der Waals surface area contributed by atoms with Gasteiger partial charge < -0.3 is 45.2 Å². The van der Waals surface area contributed by atoms with Crippen LogP contribution in [0.5, 0.6) is 0 Å². The molecule has 0 spiro atoms. The lowest BCUT2D eigenvalue weighted by molar-refractivity contribution is 0.318. The largest absolute Gasteiger partial charge is 0.397 e. The molecule has 0 aromatic heterocycles. The van der Waals surface area contributed by atoms with Crippen molar-refractivity contribution in [3.8, 4) is 6.19 Å². The summed E-state index contributed by atoms with van der Waals surface area (Å²) in [4.78, 5) is 6.72. The van der Waals surface area contributed by atoms with Crippen molar-refractivity contribution in [1.29, 1.82) is 5.26 Å². The van der Waals surface area contributed by atoms with Crippen LogP contribution in [0.15, 0.2) is 9.98 Å². The first-order valence-corrected chi connectivity index (χ1v) is 5.19. The molecule has 11 nitrogen and oxygen atoms in total. The number of aliphatic imine (C=N–C) groups is 2. The first kappa shape index (κ1) is 36.1. The highest BCUT2D eigenvalue weighted by molar-refractivity contribution is 5.75. The minimum absolute atomic E-state index is 0.130. The molecule has 0 fully saturated rings. The van der Waals surface area contributed by atoms with Crippen LogP contribution in [0.25, 0.3) is 0 Å².